The van der Waals surface area contributed by atoms with Crippen molar-refractivity contribution in [2.75, 3.05) is 17.1 Å². The van der Waals surface area contributed by atoms with Gasteiger partial charge in [0.25, 0.3) is 5.91 Å². The number of benzene rings is 2. The zero-order chi connectivity index (χ0) is 20.7. The lowest BCUT2D eigenvalue weighted by Gasteiger charge is -2.21. The number of sulfonamides is 1. The van der Waals surface area contributed by atoms with Gasteiger partial charge in [-0.3, -0.25) is 9.10 Å². The highest BCUT2D eigenvalue weighted by molar-refractivity contribution is 14.1. The van der Waals surface area contributed by atoms with E-state index in [1.54, 1.807) is 24.3 Å². The van der Waals surface area contributed by atoms with Gasteiger partial charge in [-0.2, -0.15) is 5.10 Å². The summed E-state index contributed by atoms with van der Waals surface area (Å²) in [5.74, 6) is 0.206. The molecule has 0 aliphatic carbocycles. The van der Waals surface area contributed by atoms with E-state index in [1.807, 2.05) is 38.1 Å². The average Bonchev–Trinajstić information content (AvgIpc) is 2.61. The van der Waals surface area contributed by atoms with Gasteiger partial charge in [-0.15, -0.1) is 0 Å². The lowest BCUT2D eigenvalue weighted by molar-refractivity contribution is -0.119. The number of amides is 1. The van der Waals surface area contributed by atoms with Crippen LogP contribution >= 0.6 is 22.6 Å². The second-order valence-corrected chi connectivity index (χ2v) is 9.43. The third kappa shape index (κ3) is 7.12. The maximum absolute atomic E-state index is 12.2. The Morgan fingerprint density at radius 1 is 1.18 bits per heavy atom. The van der Waals surface area contributed by atoms with Crippen molar-refractivity contribution < 1.29 is 17.9 Å². The van der Waals surface area contributed by atoms with Gasteiger partial charge in [-0.25, -0.2) is 13.8 Å². The Bertz CT molecular complexity index is 927. The average molecular weight is 515 g/mol. The van der Waals surface area contributed by atoms with Crippen LogP contribution < -0.4 is 14.5 Å². The number of carbonyl (C=O) groups is 1. The van der Waals surface area contributed by atoms with Gasteiger partial charge in [0.1, 0.15) is 12.3 Å². The molecule has 2 rings (SSSR count). The second kappa shape index (κ2) is 9.87. The van der Waals surface area contributed by atoms with Crippen LogP contribution in [0.2, 0.25) is 0 Å². The van der Waals surface area contributed by atoms with Crippen LogP contribution in [-0.4, -0.2) is 39.4 Å². The molecular formula is C19H22IN3O4S. The summed E-state index contributed by atoms with van der Waals surface area (Å²) in [5, 5.41) is 3.89. The number of halogens is 1. The van der Waals surface area contributed by atoms with Gasteiger partial charge in [0.2, 0.25) is 10.0 Å². The van der Waals surface area contributed by atoms with Crippen molar-refractivity contribution >= 4 is 50.4 Å². The van der Waals surface area contributed by atoms with Gasteiger partial charge in [-0.1, -0.05) is 0 Å². The monoisotopic (exact) mass is 515 g/mol. The van der Waals surface area contributed by atoms with Crippen LogP contribution in [0, 0.1) is 3.57 Å². The molecule has 7 nitrogen and oxygen atoms in total. The molecule has 0 bridgehead atoms. The summed E-state index contributed by atoms with van der Waals surface area (Å²) in [5.41, 5.74) is 3.54. The number of nitrogens with one attached hydrogen (secondary N) is 1. The molecule has 1 N–H and O–H groups in total. The molecule has 0 aliphatic rings. The van der Waals surface area contributed by atoms with E-state index in [-0.39, 0.29) is 12.6 Å². The second-order valence-electron chi connectivity index (χ2n) is 6.27. The molecule has 0 saturated carbocycles. The first-order valence-corrected chi connectivity index (χ1v) is 11.4. The highest BCUT2D eigenvalue weighted by Crippen LogP contribution is 2.19. The summed E-state index contributed by atoms with van der Waals surface area (Å²) in [6.45, 7) is 3.53. The number of anilines is 1. The van der Waals surface area contributed by atoms with Crippen LogP contribution in [0.15, 0.2) is 53.6 Å². The van der Waals surface area contributed by atoms with Crippen LogP contribution in [0.4, 0.5) is 5.69 Å². The normalized spacial score (nSPS) is 11.6. The van der Waals surface area contributed by atoms with Crippen molar-refractivity contribution in [1.29, 1.82) is 0 Å². The number of hydrogen-bond donors (Lipinski definition) is 1. The maximum Gasteiger partial charge on any atom is 0.260 e. The number of carbonyl (C=O) groups excluding carboxylic acids is 1. The Kier molecular flexibility index (Phi) is 7.81. The highest BCUT2D eigenvalue weighted by Gasteiger charge is 2.20. The summed E-state index contributed by atoms with van der Waals surface area (Å²) in [4.78, 5) is 12.2. The van der Waals surface area contributed by atoms with Gasteiger partial charge in [0.15, 0.2) is 0 Å². The SMILES string of the molecule is CC(C)Oc1ccc(/C=N\NC(=O)CN(c2ccc(I)cc2)S(C)(=O)=O)cc1. The molecule has 0 aliphatic heterocycles. The minimum atomic E-state index is -3.61. The minimum Gasteiger partial charge on any atom is -0.491 e. The van der Waals surface area contributed by atoms with Crippen molar-refractivity contribution in [2.45, 2.75) is 20.0 Å². The zero-order valence-corrected chi connectivity index (χ0v) is 18.8. The Hall–Kier alpha value is -2.14. The number of nitrogens with zero attached hydrogens (tertiary/aromatic N) is 2. The van der Waals surface area contributed by atoms with Gasteiger partial charge in [-0.05, 0) is 90.5 Å². The quantitative estimate of drug-likeness (QED) is 0.333. The maximum atomic E-state index is 12.2. The van der Waals surface area contributed by atoms with Crippen molar-refractivity contribution in [3.8, 4) is 5.75 Å². The molecule has 0 fully saturated rings. The van der Waals surface area contributed by atoms with Crippen molar-refractivity contribution in [2.24, 2.45) is 5.10 Å². The molecule has 2 aromatic rings. The third-order valence-corrected chi connectivity index (χ3v) is 5.32. The van der Waals surface area contributed by atoms with Crippen LogP contribution in [0.3, 0.4) is 0 Å². The van der Waals surface area contributed by atoms with E-state index >= 15 is 0 Å². The fourth-order valence-corrected chi connectivity index (χ4v) is 3.47. The van der Waals surface area contributed by atoms with E-state index in [4.69, 9.17) is 4.74 Å². The molecule has 0 spiro atoms. The van der Waals surface area contributed by atoms with Crippen molar-refractivity contribution in [1.82, 2.24) is 5.43 Å². The Labute approximate surface area is 179 Å². The number of hydrazone groups is 1. The summed E-state index contributed by atoms with van der Waals surface area (Å²) in [6, 6.07) is 14.1. The molecule has 150 valence electrons. The zero-order valence-electron chi connectivity index (χ0n) is 15.8. The van der Waals surface area contributed by atoms with E-state index in [9.17, 15) is 13.2 Å². The number of ether oxygens (including phenoxy) is 1. The first kappa shape index (κ1) is 22.2. The predicted octanol–water partition coefficient (Wildman–Crippen LogP) is 2.99. The third-order valence-electron chi connectivity index (χ3n) is 3.46. The Morgan fingerprint density at radius 2 is 1.79 bits per heavy atom. The molecule has 28 heavy (non-hydrogen) atoms. The van der Waals surface area contributed by atoms with E-state index in [0.29, 0.717) is 5.69 Å². The first-order chi connectivity index (χ1) is 13.1. The summed E-state index contributed by atoms with van der Waals surface area (Å²) in [7, 11) is -3.61. The van der Waals surface area contributed by atoms with Crippen LogP contribution in [-0.2, 0) is 14.8 Å². The topological polar surface area (TPSA) is 88.1 Å². The molecule has 0 aromatic heterocycles. The largest absolute Gasteiger partial charge is 0.491 e. The van der Waals surface area contributed by atoms with E-state index < -0.39 is 15.9 Å². The molecular weight excluding hydrogens is 493 g/mol. The molecule has 0 atom stereocenters. The van der Waals surface area contributed by atoms with E-state index in [2.05, 4.69) is 33.1 Å². The lowest BCUT2D eigenvalue weighted by atomic mass is 10.2. The molecule has 9 heteroatoms. The van der Waals surface area contributed by atoms with Gasteiger partial charge < -0.3 is 4.74 Å². The number of hydrogen-bond acceptors (Lipinski definition) is 5. The minimum absolute atomic E-state index is 0.0877. The smallest absolute Gasteiger partial charge is 0.260 e. The highest BCUT2D eigenvalue weighted by atomic mass is 127. The van der Waals surface area contributed by atoms with E-state index in [0.717, 1.165) is 25.4 Å². The molecule has 0 heterocycles. The summed E-state index contributed by atoms with van der Waals surface area (Å²) < 4.78 is 31.7. The molecule has 0 unspecified atom stereocenters. The Balaban J connectivity index is 1.99. The predicted molar refractivity (Wildman–Crippen MR) is 119 cm³/mol. The fourth-order valence-electron chi connectivity index (χ4n) is 2.26. The van der Waals surface area contributed by atoms with Gasteiger partial charge in [0, 0.05) is 3.57 Å². The van der Waals surface area contributed by atoms with Gasteiger partial charge >= 0.3 is 0 Å². The lowest BCUT2D eigenvalue weighted by Crippen LogP contribution is -2.39. The first-order valence-electron chi connectivity index (χ1n) is 8.47. The number of rotatable bonds is 8. The van der Waals surface area contributed by atoms with Crippen LogP contribution in [0.25, 0.3) is 0 Å². The standard InChI is InChI=1S/C19H22IN3O4S/c1-14(2)27-18-10-4-15(5-11-18)12-21-22-19(24)13-23(28(3,25)26)17-8-6-16(20)7-9-17/h4-12,14H,13H2,1-3H3,(H,22,24)/b21-12-. The fraction of sp³-hybridized carbons (Fsp3) is 0.263. The van der Waals surface area contributed by atoms with Crippen molar-refractivity contribution in [3.05, 3.63) is 57.7 Å². The van der Waals surface area contributed by atoms with E-state index in [1.165, 1.54) is 6.21 Å². The van der Waals surface area contributed by atoms with Gasteiger partial charge in [0.05, 0.1) is 24.3 Å². The van der Waals surface area contributed by atoms with Crippen molar-refractivity contribution in [3.63, 3.8) is 0 Å². The molecule has 0 saturated heterocycles. The summed E-state index contributed by atoms with van der Waals surface area (Å²) >= 11 is 2.12. The van der Waals surface area contributed by atoms with Crippen LogP contribution in [0.5, 0.6) is 5.75 Å². The molecule has 1 amide bonds. The van der Waals surface area contributed by atoms with Crippen LogP contribution in [0.1, 0.15) is 19.4 Å². The summed E-state index contributed by atoms with van der Waals surface area (Å²) in [6.07, 6.45) is 2.62. The Morgan fingerprint density at radius 3 is 2.32 bits per heavy atom. The molecule has 0 radical (unpaired) electrons. The molecule has 2 aromatic carbocycles.